The zero-order valence-electron chi connectivity index (χ0n) is 16.7. The van der Waals surface area contributed by atoms with Gasteiger partial charge in [0.1, 0.15) is 11.5 Å². The molecule has 7 nitrogen and oxygen atoms in total. The number of anilines is 1. The summed E-state index contributed by atoms with van der Waals surface area (Å²) in [6.07, 6.45) is 1.50. The third-order valence-electron chi connectivity index (χ3n) is 4.09. The Morgan fingerprint density at radius 1 is 1.00 bits per heavy atom. The molecule has 0 saturated heterocycles. The Morgan fingerprint density at radius 3 is 2.45 bits per heavy atom. The van der Waals surface area contributed by atoms with E-state index in [1.165, 1.54) is 6.21 Å². The highest BCUT2D eigenvalue weighted by Gasteiger charge is 2.05. The molecule has 0 aromatic heterocycles. The van der Waals surface area contributed by atoms with E-state index in [0.717, 1.165) is 4.47 Å². The zero-order chi connectivity index (χ0) is 22.1. The second-order valence-corrected chi connectivity index (χ2v) is 7.26. The number of methoxy groups -OCH3 is 1. The summed E-state index contributed by atoms with van der Waals surface area (Å²) in [6, 6.07) is 21.0. The Labute approximate surface area is 188 Å². The molecule has 158 valence electrons. The fraction of sp³-hybridized carbons (Fsp3) is 0.0870. The maximum Gasteiger partial charge on any atom is 0.271 e. The van der Waals surface area contributed by atoms with Crippen LogP contribution in [0, 0.1) is 0 Å². The van der Waals surface area contributed by atoms with Crippen LogP contribution in [0.15, 0.2) is 82.4 Å². The summed E-state index contributed by atoms with van der Waals surface area (Å²) in [5.41, 5.74) is 4.34. The maximum atomic E-state index is 12.1. The topological polar surface area (TPSA) is 89.0 Å². The van der Waals surface area contributed by atoms with Crippen molar-refractivity contribution in [3.05, 3.63) is 88.4 Å². The number of carbonyl (C=O) groups is 2. The molecule has 0 radical (unpaired) electrons. The summed E-state index contributed by atoms with van der Waals surface area (Å²) < 4.78 is 11.5. The Bertz CT molecular complexity index is 1070. The van der Waals surface area contributed by atoms with Crippen LogP contribution in [0.2, 0.25) is 0 Å². The lowest BCUT2D eigenvalue weighted by atomic mass is 10.2. The third kappa shape index (κ3) is 6.97. The van der Waals surface area contributed by atoms with Gasteiger partial charge in [0.25, 0.3) is 11.8 Å². The number of nitrogens with zero attached hydrogens (tertiary/aromatic N) is 1. The molecule has 0 unspecified atom stereocenters. The number of hydrogen-bond acceptors (Lipinski definition) is 5. The molecule has 0 saturated carbocycles. The molecule has 0 bridgehead atoms. The number of nitrogens with one attached hydrogen (secondary N) is 2. The van der Waals surface area contributed by atoms with Crippen LogP contribution in [0.4, 0.5) is 5.69 Å². The molecule has 0 fully saturated rings. The van der Waals surface area contributed by atoms with Crippen molar-refractivity contribution in [3.8, 4) is 11.5 Å². The number of benzene rings is 3. The van der Waals surface area contributed by atoms with Gasteiger partial charge in [0.2, 0.25) is 0 Å². The average molecular weight is 482 g/mol. The van der Waals surface area contributed by atoms with Gasteiger partial charge in [-0.1, -0.05) is 28.1 Å². The van der Waals surface area contributed by atoms with Crippen molar-refractivity contribution in [2.75, 3.05) is 19.0 Å². The van der Waals surface area contributed by atoms with Crippen molar-refractivity contribution in [1.29, 1.82) is 0 Å². The van der Waals surface area contributed by atoms with Gasteiger partial charge in [-0.05, 0) is 66.2 Å². The van der Waals surface area contributed by atoms with E-state index in [0.29, 0.717) is 28.3 Å². The van der Waals surface area contributed by atoms with E-state index in [4.69, 9.17) is 9.47 Å². The lowest BCUT2D eigenvalue weighted by Gasteiger charge is -2.08. The molecule has 0 aliphatic carbocycles. The molecular formula is C23H20BrN3O4. The standard InChI is InChI=1S/C23H20BrN3O4/c1-30-20-11-9-19(10-12-20)26-22(28)15-31-21-4-2-3-16(13-21)14-25-27-23(29)17-5-7-18(24)8-6-17/h2-14H,15H2,1H3,(H,26,28)(H,27,29). The van der Waals surface area contributed by atoms with Gasteiger partial charge in [0.05, 0.1) is 13.3 Å². The summed E-state index contributed by atoms with van der Waals surface area (Å²) in [6.45, 7) is -0.146. The van der Waals surface area contributed by atoms with Crippen LogP contribution in [0.5, 0.6) is 11.5 Å². The molecule has 2 amide bonds. The number of ether oxygens (including phenoxy) is 2. The van der Waals surface area contributed by atoms with Crippen LogP contribution >= 0.6 is 15.9 Å². The first-order valence-corrected chi connectivity index (χ1v) is 10.1. The predicted octanol–water partition coefficient (Wildman–Crippen LogP) is 4.24. The molecule has 0 heterocycles. The van der Waals surface area contributed by atoms with Crippen LogP contribution in [0.1, 0.15) is 15.9 Å². The van der Waals surface area contributed by atoms with Gasteiger partial charge in [-0.25, -0.2) is 5.43 Å². The number of hydrogen-bond donors (Lipinski definition) is 2. The fourth-order valence-corrected chi connectivity index (χ4v) is 2.80. The molecule has 8 heteroatoms. The molecule has 0 aliphatic heterocycles. The molecule has 2 N–H and O–H groups in total. The smallest absolute Gasteiger partial charge is 0.271 e. The molecule has 3 rings (SSSR count). The van der Waals surface area contributed by atoms with Gasteiger partial charge in [-0.2, -0.15) is 5.10 Å². The average Bonchev–Trinajstić information content (AvgIpc) is 2.79. The minimum Gasteiger partial charge on any atom is -0.497 e. The molecule has 3 aromatic carbocycles. The molecule has 0 aliphatic rings. The quantitative estimate of drug-likeness (QED) is 0.372. The first kappa shape index (κ1) is 22.0. The van der Waals surface area contributed by atoms with Crippen LogP contribution in [-0.2, 0) is 4.79 Å². The van der Waals surface area contributed by atoms with Crippen molar-refractivity contribution in [3.63, 3.8) is 0 Å². The minimum absolute atomic E-state index is 0.146. The monoisotopic (exact) mass is 481 g/mol. The number of rotatable bonds is 8. The number of carbonyl (C=O) groups excluding carboxylic acids is 2. The van der Waals surface area contributed by atoms with Gasteiger partial charge in [-0.3, -0.25) is 9.59 Å². The second-order valence-electron chi connectivity index (χ2n) is 6.34. The van der Waals surface area contributed by atoms with Gasteiger partial charge >= 0.3 is 0 Å². The highest BCUT2D eigenvalue weighted by atomic mass is 79.9. The zero-order valence-corrected chi connectivity index (χ0v) is 18.3. The number of halogens is 1. The van der Waals surface area contributed by atoms with Crippen molar-refractivity contribution in [2.45, 2.75) is 0 Å². The number of amides is 2. The van der Waals surface area contributed by atoms with Gasteiger partial charge < -0.3 is 14.8 Å². The second kappa shape index (κ2) is 10.9. The van der Waals surface area contributed by atoms with Crippen molar-refractivity contribution in [1.82, 2.24) is 5.43 Å². The van der Waals surface area contributed by atoms with E-state index in [2.05, 4.69) is 31.8 Å². The van der Waals surface area contributed by atoms with Gasteiger partial charge in [0, 0.05) is 15.7 Å². The molecule has 0 atom stereocenters. The summed E-state index contributed by atoms with van der Waals surface area (Å²) >= 11 is 3.33. The maximum absolute atomic E-state index is 12.1. The first-order valence-electron chi connectivity index (χ1n) is 9.29. The Morgan fingerprint density at radius 2 is 1.74 bits per heavy atom. The van der Waals surface area contributed by atoms with Crippen LogP contribution < -0.4 is 20.2 Å². The molecular weight excluding hydrogens is 462 g/mol. The van der Waals surface area contributed by atoms with Crippen LogP contribution in [-0.4, -0.2) is 31.7 Å². The van der Waals surface area contributed by atoms with E-state index < -0.39 is 0 Å². The Hall–Kier alpha value is -3.65. The lowest BCUT2D eigenvalue weighted by molar-refractivity contribution is -0.118. The summed E-state index contributed by atoms with van der Waals surface area (Å²) in [7, 11) is 1.58. The third-order valence-corrected chi connectivity index (χ3v) is 4.62. The van der Waals surface area contributed by atoms with Gasteiger partial charge in [0.15, 0.2) is 6.61 Å². The molecule has 31 heavy (non-hydrogen) atoms. The first-order chi connectivity index (χ1) is 15.0. The van der Waals surface area contributed by atoms with E-state index in [1.807, 2.05) is 0 Å². The predicted molar refractivity (Wildman–Crippen MR) is 123 cm³/mol. The molecule has 3 aromatic rings. The summed E-state index contributed by atoms with van der Waals surface area (Å²) in [4.78, 5) is 24.1. The highest BCUT2D eigenvalue weighted by Crippen LogP contribution is 2.16. The van der Waals surface area contributed by atoms with Crippen molar-refractivity contribution >= 4 is 39.6 Å². The van der Waals surface area contributed by atoms with Gasteiger partial charge in [-0.15, -0.1) is 0 Å². The normalized spacial score (nSPS) is 10.5. The fourth-order valence-electron chi connectivity index (χ4n) is 2.54. The Balaban J connectivity index is 1.49. The van der Waals surface area contributed by atoms with E-state index >= 15 is 0 Å². The largest absolute Gasteiger partial charge is 0.497 e. The Kier molecular flexibility index (Phi) is 7.78. The highest BCUT2D eigenvalue weighted by molar-refractivity contribution is 9.10. The molecule has 0 spiro atoms. The van der Waals surface area contributed by atoms with E-state index in [1.54, 1.807) is 79.9 Å². The van der Waals surface area contributed by atoms with Crippen molar-refractivity contribution in [2.24, 2.45) is 5.10 Å². The van der Waals surface area contributed by atoms with E-state index in [-0.39, 0.29) is 18.4 Å². The summed E-state index contributed by atoms with van der Waals surface area (Å²) in [5, 5.41) is 6.71. The number of hydrazone groups is 1. The van der Waals surface area contributed by atoms with Crippen LogP contribution in [0.3, 0.4) is 0 Å². The minimum atomic E-state index is -0.314. The lowest BCUT2D eigenvalue weighted by Crippen LogP contribution is -2.20. The van der Waals surface area contributed by atoms with E-state index in [9.17, 15) is 9.59 Å². The van der Waals surface area contributed by atoms with Crippen LogP contribution in [0.25, 0.3) is 0 Å². The van der Waals surface area contributed by atoms with Crippen molar-refractivity contribution < 1.29 is 19.1 Å². The summed E-state index contributed by atoms with van der Waals surface area (Å²) in [5.74, 6) is 0.617. The SMILES string of the molecule is COc1ccc(NC(=O)COc2cccc(C=NNC(=O)c3ccc(Br)cc3)c2)cc1.